The zero-order valence-electron chi connectivity index (χ0n) is 23.3. The van der Waals surface area contributed by atoms with E-state index in [1.165, 1.54) is 33.6 Å². The second kappa shape index (κ2) is 10.5. The molecule has 0 saturated heterocycles. The van der Waals surface area contributed by atoms with E-state index in [0.29, 0.717) is 5.92 Å². The minimum atomic E-state index is 0.467. The quantitative estimate of drug-likeness (QED) is 0.227. The van der Waals surface area contributed by atoms with Crippen LogP contribution in [0.3, 0.4) is 0 Å². The molecule has 0 aliphatic carbocycles. The maximum atomic E-state index is 6.61. The first-order chi connectivity index (χ1) is 19.0. The van der Waals surface area contributed by atoms with Crippen molar-refractivity contribution in [2.45, 2.75) is 65.8 Å². The number of rotatable bonds is 7. The highest BCUT2D eigenvalue weighted by atomic mass is 35.5. The predicted octanol–water partition coefficient (Wildman–Crippen LogP) is 8.27. The summed E-state index contributed by atoms with van der Waals surface area (Å²) in [5.74, 6) is 1.49. The molecule has 5 nitrogen and oxygen atoms in total. The van der Waals surface area contributed by atoms with E-state index in [1.807, 2.05) is 18.5 Å². The van der Waals surface area contributed by atoms with Gasteiger partial charge in [-0.1, -0.05) is 76.0 Å². The average Bonchev–Trinajstić information content (AvgIpc) is 3.59. The summed E-state index contributed by atoms with van der Waals surface area (Å²) in [7, 11) is 0. The highest BCUT2D eigenvalue weighted by Gasteiger charge is 2.29. The van der Waals surface area contributed by atoms with Crippen LogP contribution in [0.2, 0.25) is 5.02 Å². The lowest BCUT2D eigenvalue weighted by Crippen LogP contribution is -2.30. The van der Waals surface area contributed by atoms with Crippen molar-refractivity contribution in [3.8, 4) is 16.9 Å². The minimum Gasteiger partial charge on any atom is -0.360 e. The SMILES string of the molecule is CCCc1cccc(CC)c1-n1nc2c(c1-c1ccc(Cl)c3[nH]ccc13)CN(c1ccc(C(C)C)cn1)CC2. The fourth-order valence-electron chi connectivity index (χ4n) is 5.93. The van der Waals surface area contributed by atoms with Gasteiger partial charge in [0, 0.05) is 48.4 Å². The molecule has 1 aliphatic heterocycles. The van der Waals surface area contributed by atoms with E-state index in [0.717, 1.165) is 71.8 Å². The molecule has 6 heteroatoms. The summed E-state index contributed by atoms with van der Waals surface area (Å²) in [6, 6.07) is 17.4. The number of pyridine rings is 1. The molecule has 1 N–H and O–H groups in total. The van der Waals surface area contributed by atoms with Crippen molar-refractivity contribution in [1.82, 2.24) is 19.7 Å². The summed E-state index contributed by atoms with van der Waals surface area (Å²) in [6.07, 6.45) is 7.94. The van der Waals surface area contributed by atoms with Crippen molar-refractivity contribution in [1.29, 1.82) is 0 Å². The zero-order chi connectivity index (χ0) is 27.1. The molecule has 0 saturated carbocycles. The van der Waals surface area contributed by atoms with Gasteiger partial charge >= 0.3 is 0 Å². The summed E-state index contributed by atoms with van der Waals surface area (Å²) in [5, 5.41) is 7.21. The number of hydrogen-bond acceptors (Lipinski definition) is 3. The molecule has 0 fully saturated rings. The Morgan fingerprint density at radius 3 is 2.62 bits per heavy atom. The Balaban J connectivity index is 1.56. The molecular weight excluding hydrogens is 502 g/mol. The van der Waals surface area contributed by atoms with Crippen molar-refractivity contribution < 1.29 is 0 Å². The maximum absolute atomic E-state index is 6.61. The Labute approximate surface area is 235 Å². The summed E-state index contributed by atoms with van der Waals surface area (Å²) in [5.41, 5.74) is 10.9. The molecule has 0 amide bonds. The Kier molecular flexibility index (Phi) is 6.94. The van der Waals surface area contributed by atoms with E-state index in [1.54, 1.807) is 0 Å². The first kappa shape index (κ1) is 25.7. The van der Waals surface area contributed by atoms with Gasteiger partial charge in [-0.2, -0.15) is 5.10 Å². The minimum absolute atomic E-state index is 0.467. The topological polar surface area (TPSA) is 49.7 Å². The molecule has 4 heterocycles. The number of hydrogen-bond donors (Lipinski definition) is 1. The molecule has 0 radical (unpaired) electrons. The van der Waals surface area contributed by atoms with Crippen molar-refractivity contribution in [2.24, 2.45) is 0 Å². The fraction of sp³-hybridized carbons (Fsp3) is 0.333. The Morgan fingerprint density at radius 1 is 1.03 bits per heavy atom. The Hall–Kier alpha value is -3.57. The Bertz CT molecular complexity index is 1630. The zero-order valence-corrected chi connectivity index (χ0v) is 24.0. The van der Waals surface area contributed by atoms with E-state index in [9.17, 15) is 0 Å². The van der Waals surface area contributed by atoms with Crippen LogP contribution in [0.4, 0.5) is 5.82 Å². The van der Waals surface area contributed by atoms with Crippen LogP contribution in [0.1, 0.15) is 68.0 Å². The molecule has 0 unspecified atom stereocenters. The number of aromatic nitrogens is 4. The lowest BCUT2D eigenvalue weighted by Gasteiger charge is -2.28. The van der Waals surface area contributed by atoms with Gasteiger partial charge in [0.2, 0.25) is 0 Å². The lowest BCUT2D eigenvalue weighted by molar-refractivity contribution is 0.704. The molecule has 3 aromatic heterocycles. The van der Waals surface area contributed by atoms with E-state index in [2.05, 4.69) is 84.7 Å². The van der Waals surface area contributed by atoms with Crippen molar-refractivity contribution in [2.75, 3.05) is 11.4 Å². The third-order valence-corrected chi connectivity index (χ3v) is 8.35. The highest BCUT2D eigenvalue weighted by molar-refractivity contribution is 6.35. The van der Waals surface area contributed by atoms with Gasteiger partial charge in [0.25, 0.3) is 0 Å². The number of halogens is 1. The molecule has 0 spiro atoms. The highest BCUT2D eigenvalue weighted by Crippen LogP contribution is 2.40. The number of aromatic amines is 1. The van der Waals surface area contributed by atoms with Crippen LogP contribution < -0.4 is 4.90 Å². The lowest BCUT2D eigenvalue weighted by atomic mass is 9.97. The second-order valence-corrected chi connectivity index (χ2v) is 11.3. The summed E-state index contributed by atoms with van der Waals surface area (Å²) < 4.78 is 2.25. The normalized spacial score (nSPS) is 13.4. The van der Waals surface area contributed by atoms with Crippen LogP contribution in [-0.4, -0.2) is 26.3 Å². The third kappa shape index (κ3) is 4.53. The molecule has 0 atom stereocenters. The van der Waals surface area contributed by atoms with Crippen LogP contribution in [-0.2, 0) is 25.8 Å². The van der Waals surface area contributed by atoms with E-state index in [-0.39, 0.29) is 0 Å². The monoisotopic (exact) mass is 537 g/mol. The van der Waals surface area contributed by atoms with Crippen LogP contribution in [0.15, 0.2) is 60.9 Å². The van der Waals surface area contributed by atoms with Crippen LogP contribution in [0.5, 0.6) is 0 Å². The first-order valence-corrected chi connectivity index (χ1v) is 14.6. The number of anilines is 1. The average molecular weight is 538 g/mol. The number of para-hydroxylation sites is 1. The molecule has 5 aromatic rings. The van der Waals surface area contributed by atoms with Gasteiger partial charge in [-0.3, -0.25) is 0 Å². The summed E-state index contributed by atoms with van der Waals surface area (Å²) in [6.45, 7) is 10.6. The van der Waals surface area contributed by atoms with Gasteiger partial charge in [-0.15, -0.1) is 0 Å². The Morgan fingerprint density at radius 2 is 1.87 bits per heavy atom. The van der Waals surface area contributed by atoms with E-state index < -0.39 is 0 Å². The molecule has 0 bridgehead atoms. The van der Waals surface area contributed by atoms with Gasteiger partial charge in [0.1, 0.15) is 5.82 Å². The third-order valence-electron chi connectivity index (χ3n) is 8.04. The maximum Gasteiger partial charge on any atom is 0.128 e. The summed E-state index contributed by atoms with van der Waals surface area (Å²) in [4.78, 5) is 10.6. The van der Waals surface area contributed by atoms with Crippen LogP contribution in [0, 0.1) is 0 Å². The van der Waals surface area contributed by atoms with Gasteiger partial charge in [-0.25, -0.2) is 9.67 Å². The number of nitrogens with one attached hydrogen (secondary N) is 1. The number of benzene rings is 2. The fourth-order valence-corrected chi connectivity index (χ4v) is 6.15. The summed E-state index contributed by atoms with van der Waals surface area (Å²) >= 11 is 6.61. The molecule has 1 aliphatic rings. The number of nitrogens with zero attached hydrogens (tertiary/aromatic N) is 4. The van der Waals surface area contributed by atoms with Gasteiger partial charge < -0.3 is 9.88 Å². The molecule has 200 valence electrons. The van der Waals surface area contributed by atoms with E-state index >= 15 is 0 Å². The number of H-pyrrole nitrogens is 1. The largest absolute Gasteiger partial charge is 0.360 e. The second-order valence-electron chi connectivity index (χ2n) is 10.9. The molecular formula is C33H36ClN5. The number of fused-ring (bicyclic) bond motifs is 2. The smallest absolute Gasteiger partial charge is 0.128 e. The standard InChI is InChI=1S/C33H36ClN5/c1-5-8-23-10-7-9-22(6-2)32(23)39-33(26-12-13-28(34)31-25(26)15-17-35-31)27-20-38(18-16-29(27)37-39)30-14-11-24(19-36-30)21(3)4/h7,9-15,17,19,21,35H,5-6,8,16,18,20H2,1-4H3. The number of aryl methyl sites for hydroxylation is 2. The predicted molar refractivity (Wildman–Crippen MR) is 162 cm³/mol. The first-order valence-electron chi connectivity index (χ1n) is 14.2. The van der Waals surface area contributed by atoms with Crippen LogP contribution in [0.25, 0.3) is 27.8 Å². The molecule has 6 rings (SSSR count). The van der Waals surface area contributed by atoms with E-state index in [4.69, 9.17) is 21.7 Å². The van der Waals surface area contributed by atoms with Gasteiger partial charge in [0.05, 0.1) is 27.6 Å². The van der Waals surface area contributed by atoms with Crippen molar-refractivity contribution in [3.63, 3.8) is 0 Å². The van der Waals surface area contributed by atoms with Crippen molar-refractivity contribution >= 4 is 28.3 Å². The molecule has 39 heavy (non-hydrogen) atoms. The van der Waals surface area contributed by atoms with Gasteiger partial charge in [0.15, 0.2) is 0 Å². The van der Waals surface area contributed by atoms with Gasteiger partial charge in [-0.05, 0) is 53.6 Å². The molecule has 2 aromatic carbocycles. The van der Waals surface area contributed by atoms with Crippen LogP contribution >= 0.6 is 11.6 Å². The van der Waals surface area contributed by atoms with Crippen molar-refractivity contribution in [3.05, 3.63) is 93.9 Å².